The maximum atomic E-state index is 13.1. The number of hydrogen-bond acceptors (Lipinski definition) is 3. The number of piperazine rings is 1. The number of likely N-dealkylation sites (N-methyl/N-ethyl adjacent to an activating group) is 1. The van der Waals surface area contributed by atoms with Gasteiger partial charge in [-0.05, 0) is 37.5 Å². The smallest absolute Gasteiger partial charge is 0.236 e. The summed E-state index contributed by atoms with van der Waals surface area (Å²) in [6.07, 6.45) is 0. The Bertz CT molecular complexity index is 871. The Labute approximate surface area is 180 Å². The first-order valence-corrected chi connectivity index (χ1v) is 10.6. The SMILES string of the molecule is Cc1ccccc1CN(C)C(=O)CN1CCN(C(=O)C(C)(C)c2ccccc2)CC1. The van der Waals surface area contributed by atoms with Gasteiger partial charge in [-0.3, -0.25) is 14.5 Å². The van der Waals surface area contributed by atoms with Gasteiger partial charge >= 0.3 is 0 Å². The standard InChI is InChI=1S/C25H33N3O2/c1-20-10-8-9-11-21(20)18-26(4)23(29)19-27-14-16-28(17-15-27)24(30)25(2,3)22-12-6-5-7-13-22/h5-13H,14-19H2,1-4H3. The first-order chi connectivity index (χ1) is 14.3. The number of rotatable bonds is 6. The van der Waals surface area contributed by atoms with Crippen molar-refractivity contribution in [3.05, 3.63) is 71.3 Å². The average molecular weight is 408 g/mol. The van der Waals surface area contributed by atoms with Crippen molar-refractivity contribution in [2.24, 2.45) is 0 Å². The van der Waals surface area contributed by atoms with Crippen molar-refractivity contribution < 1.29 is 9.59 Å². The summed E-state index contributed by atoms with van der Waals surface area (Å²) in [5.41, 5.74) is 2.86. The minimum absolute atomic E-state index is 0.114. The normalized spacial score (nSPS) is 15.1. The van der Waals surface area contributed by atoms with Crippen LogP contribution < -0.4 is 0 Å². The maximum Gasteiger partial charge on any atom is 0.236 e. The van der Waals surface area contributed by atoms with Crippen LogP contribution in [0.25, 0.3) is 0 Å². The predicted molar refractivity (Wildman–Crippen MR) is 120 cm³/mol. The van der Waals surface area contributed by atoms with Crippen LogP contribution in [0.3, 0.4) is 0 Å². The Morgan fingerprint density at radius 1 is 0.933 bits per heavy atom. The van der Waals surface area contributed by atoms with Gasteiger partial charge in [0.2, 0.25) is 11.8 Å². The highest BCUT2D eigenvalue weighted by Crippen LogP contribution is 2.26. The van der Waals surface area contributed by atoms with Gasteiger partial charge in [0.25, 0.3) is 0 Å². The number of benzene rings is 2. The monoisotopic (exact) mass is 407 g/mol. The number of nitrogens with zero attached hydrogens (tertiary/aromatic N) is 3. The largest absolute Gasteiger partial charge is 0.340 e. The van der Waals surface area contributed by atoms with E-state index < -0.39 is 5.41 Å². The van der Waals surface area contributed by atoms with E-state index in [0.717, 1.165) is 18.7 Å². The molecule has 2 aromatic rings. The van der Waals surface area contributed by atoms with Gasteiger partial charge in [-0.25, -0.2) is 0 Å². The van der Waals surface area contributed by atoms with Crippen molar-refractivity contribution in [3.8, 4) is 0 Å². The Hall–Kier alpha value is -2.66. The van der Waals surface area contributed by atoms with Crippen LogP contribution in [-0.2, 0) is 21.5 Å². The summed E-state index contributed by atoms with van der Waals surface area (Å²) >= 11 is 0. The molecule has 0 aromatic heterocycles. The Morgan fingerprint density at radius 3 is 2.17 bits per heavy atom. The third-order valence-corrected chi connectivity index (χ3v) is 6.14. The maximum absolute atomic E-state index is 13.1. The van der Waals surface area contributed by atoms with Gasteiger partial charge in [-0.15, -0.1) is 0 Å². The first-order valence-electron chi connectivity index (χ1n) is 10.6. The summed E-state index contributed by atoms with van der Waals surface area (Å²) in [5.74, 6) is 0.263. The second kappa shape index (κ2) is 9.43. The molecule has 5 heteroatoms. The van der Waals surface area contributed by atoms with Crippen LogP contribution in [0.5, 0.6) is 0 Å². The van der Waals surface area contributed by atoms with E-state index in [1.165, 1.54) is 11.1 Å². The topological polar surface area (TPSA) is 43.9 Å². The van der Waals surface area contributed by atoms with Crippen LogP contribution in [0.2, 0.25) is 0 Å². The summed E-state index contributed by atoms with van der Waals surface area (Å²) in [6, 6.07) is 18.1. The Morgan fingerprint density at radius 2 is 1.53 bits per heavy atom. The van der Waals surface area contributed by atoms with E-state index in [0.29, 0.717) is 26.2 Å². The molecule has 0 N–H and O–H groups in total. The van der Waals surface area contributed by atoms with Gasteiger partial charge in [0.1, 0.15) is 0 Å². The lowest BCUT2D eigenvalue weighted by molar-refractivity contribution is -0.138. The lowest BCUT2D eigenvalue weighted by Gasteiger charge is -2.39. The van der Waals surface area contributed by atoms with E-state index in [2.05, 4.69) is 24.0 Å². The number of amides is 2. The summed E-state index contributed by atoms with van der Waals surface area (Å²) < 4.78 is 0. The van der Waals surface area contributed by atoms with Crippen molar-refractivity contribution in [3.63, 3.8) is 0 Å². The molecule has 1 saturated heterocycles. The van der Waals surface area contributed by atoms with Gasteiger partial charge < -0.3 is 9.80 Å². The number of carbonyl (C=O) groups excluding carboxylic acids is 2. The molecular weight excluding hydrogens is 374 g/mol. The molecular formula is C25H33N3O2. The lowest BCUT2D eigenvalue weighted by Crippen LogP contribution is -2.54. The fraction of sp³-hybridized carbons (Fsp3) is 0.440. The zero-order chi connectivity index (χ0) is 21.7. The summed E-state index contributed by atoms with van der Waals surface area (Å²) in [5, 5.41) is 0. The number of hydrogen-bond donors (Lipinski definition) is 0. The van der Waals surface area contributed by atoms with Crippen LogP contribution in [0.4, 0.5) is 0 Å². The molecule has 0 radical (unpaired) electrons. The van der Waals surface area contributed by atoms with Crippen LogP contribution in [0.15, 0.2) is 54.6 Å². The molecule has 0 spiro atoms. The summed E-state index contributed by atoms with van der Waals surface area (Å²) in [6.45, 7) is 9.82. The summed E-state index contributed by atoms with van der Waals surface area (Å²) in [7, 11) is 1.86. The fourth-order valence-electron chi connectivity index (χ4n) is 3.93. The van der Waals surface area contributed by atoms with Gasteiger partial charge in [0.15, 0.2) is 0 Å². The Balaban J connectivity index is 1.51. The van der Waals surface area contributed by atoms with Crippen LogP contribution >= 0.6 is 0 Å². The molecule has 5 nitrogen and oxygen atoms in total. The van der Waals surface area contributed by atoms with Gasteiger partial charge in [0.05, 0.1) is 12.0 Å². The van der Waals surface area contributed by atoms with Crippen molar-refractivity contribution >= 4 is 11.8 Å². The number of aryl methyl sites for hydroxylation is 1. The first kappa shape index (κ1) is 22.0. The molecule has 0 atom stereocenters. The fourth-order valence-corrected chi connectivity index (χ4v) is 3.93. The molecule has 1 aliphatic rings. The van der Waals surface area contributed by atoms with E-state index in [4.69, 9.17) is 0 Å². The second-order valence-electron chi connectivity index (χ2n) is 8.74. The van der Waals surface area contributed by atoms with Crippen molar-refractivity contribution in [1.82, 2.24) is 14.7 Å². The zero-order valence-electron chi connectivity index (χ0n) is 18.6. The van der Waals surface area contributed by atoms with Gasteiger partial charge in [-0.1, -0.05) is 54.6 Å². The molecule has 2 aromatic carbocycles. The van der Waals surface area contributed by atoms with E-state index >= 15 is 0 Å². The molecule has 3 rings (SSSR count). The lowest BCUT2D eigenvalue weighted by atomic mass is 9.83. The molecule has 2 amide bonds. The highest BCUT2D eigenvalue weighted by molar-refractivity contribution is 5.87. The van der Waals surface area contributed by atoms with Gasteiger partial charge in [0, 0.05) is 39.8 Å². The quantitative estimate of drug-likeness (QED) is 0.739. The highest BCUT2D eigenvalue weighted by Gasteiger charge is 2.35. The molecule has 0 saturated carbocycles. The van der Waals surface area contributed by atoms with Crippen LogP contribution in [0.1, 0.15) is 30.5 Å². The van der Waals surface area contributed by atoms with Crippen molar-refractivity contribution in [2.75, 3.05) is 39.8 Å². The van der Waals surface area contributed by atoms with E-state index in [1.54, 1.807) is 4.90 Å². The molecule has 1 fully saturated rings. The predicted octanol–water partition coefficient (Wildman–Crippen LogP) is 3.08. The van der Waals surface area contributed by atoms with Crippen LogP contribution in [0, 0.1) is 6.92 Å². The van der Waals surface area contributed by atoms with Crippen molar-refractivity contribution in [2.45, 2.75) is 32.7 Å². The third-order valence-electron chi connectivity index (χ3n) is 6.14. The highest BCUT2D eigenvalue weighted by atomic mass is 16.2. The molecule has 0 bridgehead atoms. The minimum Gasteiger partial charge on any atom is -0.340 e. The molecule has 30 heavy (non-hydrogen) atoms. The van der Waals surface area contributed by atoms with Crippen molar-refractivity contribution in [1.29, 1.82) is 0 Å². The van der Waals surface area contributed by atoms with Crippen LogP contribution in [-0.4, -0.2) is 66.3 Å². The number of carbonyl (C=O) groups is 2. The molecule has 1 heterocycles. The molecule has 1 aliphatic heterocycles. The van der Waals surface area contributed by atoms with Gasteiger partial charge in [-0.2, -0.15) is 0 Å². The minimum atomic E-state index is -0.549. The Kier molecular flexibility index (Phi) is 6.93. The third kappa shape index (κ3) is 5.08. The molecule has 0 unspecified atom stereocenters. The van der Waals surface area contributed by atoms with E-state index in [9.17, 15) is 9.59 Å². The molecule has 160 valence electrons. The van der Waals surface area contributed by atoms with E-state index in [-0.39, 0.29) is 11.8 Å². The summed E-state index contributed by atoms with van der Waals surface area (Å²) in [4.78, 5) is 31.7. The van der Waals surface area contributed by atoms with E-state index in [1.807, 2.05) is 68.3 Å². The average Bonchev–Trinajstić information content (AvgIpc) is 2.76. The zero-order valence-corrected chi connectivity index (χ0v) is 18.6. The second-order valence-corrected chi connectivity index (χ2v) is 8.74. The molecule has 0 aliphatic carbocycles.